The molecule has 5 heteroatoms. The molecule has 1 atom stereocenters. The van der Waals surface area contributed by atoms with E-state index in [0.717, 1.165) is 26.1 Å². The number of hydrogen-bond acceptors (Lipinski definition) is 3. The van der Waals surface area contributed by atoms with Crippen LogP contribution in [0.2, 0.25) is 0 Å². The normalized spacial score (nSPS) is 21.3. The Balaban J connectivity index is 2.20. The fraction of sp³-hybridized carbons (Fsp3) is 0.900. The van der Waals surface area contributed by atoms with Gasteiger partial charge in [0, 0.05) is 33.3 Å². The molecule has 1 heterocycles. The lowest BCUT2D eigenvalue weighted by atomic mass is 10.1. The van der Waals surface area contributed by atoms with Gasteiger partial charge in [0.05, 0.1) is 6.61 Å². The number of likely N-dealkylation sites (tertiary alicyclic amines) is 1. The Labute approximate surface area is 90.6 Å². The third-order valence-corrected chi connectivity index (χ3v) is 2.80. The molecule has 0 saturated carbocycles. The number of rotatable bonds is 5. The first-order valence-corrected chi connectivity index (χ1v) is 5.29. The summed E-state index contributed by atoms with van der Waals surface area (Å²) in [6.07, 6.45) is 0.181. The van der Waals surface area contributed by atoms with E-state index < -0.39 is 6.09 Å². The summed E-state index contributed by atoms with van der Waals surface area (Å²) in [6, 6.07) is 0. The van der Waals surface area contributed by atoms with Crippen molar-refractivity contribution in [3.05, 3.63) is 0 Å². The van der Waals surface area contributed by atoms with Gasteiger partial charge in [-0.2, -0.15) is 0 Å². The average molecular weight is 216 g/mol. The summed E-state index contributed by atoms with van der Waals surface area (Å²) in [5.74, 6) is 0.475. The minimum atomic E-state index is -0.794. The van der Waals surface area contributed by atoms with Crippen molar-refractivity contribution in [3.8, 4) is 0 Å². The van der Waals surface area contributed by atoms with Gasteiger partial charge in [-0.25, -0.2) is 4.79 Å². The zero-order valence-electron chi connectivity index (χ0n) is 9.48. The molecule has 0 aromatic heterocycles. The number of ether oxygens (including phenoxy) is 1. The van der Waals surface area contributed by atoms with Gasteiger partial charge in [0.15, 0.2) is 0 Å². The Kier molecular flexibility index (Phi) is 4.84. The number of nitrogens with zero attached hydrogens (tertiary/aromatic N) is 2. The highest BCUT2D eigenvalue weighted by Gasteiger charge is 2.26. The van der Waals surface area contributed by atoms with Crippen LogP contribution in [0.15, 0.2) is 0 Å². The second-order valence-electron chi connectivity index (χ2n) is 4.14. The van der Waals surface area contributed by atoms with Gasteiger partial charge in [0.25, 0.3) is 0 Å². The number of amides is 1. The molecule has 1 saturated heterocycles. The molecule has 15 heavy (non-hydrogen) atoms. The first-order chi connectivity index (χ1) is 7.13. The van der Waals surface area contributed by atoms with Gasteiger partial charge in [0.2, 0.25) is 0 Å². The maximum absolute atomic E-state index is 10.7. The van der Waals surface area contributed by atoms with Crippen molar-refractivity contribution in [3.63, 3.8) is 0 Å². The van der Waals surface area contributed by atoms with Crippen molar-refractivity contribution in [2.75, 3.05) is 46.9 Å². The highest BCUT2D eigenvalue weighted by Crippen LogP contribution is 2.16. The summed E-state index contributed by atoms with van der Waals surface area (Å²) in [7, 11) is 3.73. The Morgan fingerprint density at radius 2 is 2.40 bits per heavy atom. The van der Waals surface area contributed by atoms with Crippen molar-refractivity contribution in [2.45, 2.75) is 6.42 Å². The van der Waals surface area contributed by atoms with Crippen LogP contribution in [0.5, 0.6) is 0 Å². The van der Waals surface area contributed by atoms with E-state index in [0.29, 0.717) is 19.0 Å². The van der Waals surface area contributed by atoms with E-state index in [1.54, 1.807) is 7.11 Å². The smallest absolute Gasteiger partial charge is 0.407 e. The van der Waals surface area contributed by atoms with Gasteiger partial charge in [-0.3, -0.25) is 0 Å². The summed E-state index contributed by atoms with van der Waals surface area (Å²) in [6.45, 7) is 3.93. The van der Waals surface area contributed by atoms with Crippen LogP contribution in [0.25, 0.3) is 0 Å². The second-order valence-corrected chi connectivity index (χ2v) is 4.14. The van der Waals surface area contributed by atoms with Crippen molar-refractivity contribution < 1.29 is 14.6 Å². The summed E-state index contributed by atoms with van der Waals surface area (Å²) in [4.78, 5) is 14.4. The molecule has 0 spiro atoms. The Morgan fingerprint density at radius 3 is 2.93 bits per heavy atom. The van der Waals surface area contributed by atoms with Crippen LogP contribution in [0.4, 0.5) is 4.79 Å². The van der Waals surface area contributed by atoms with Crippen molar-refractivity contribution in [1.82, 2.24) is 9.80 Å². The first-order valence-electron chi connectivity index (χ1n) is 5.29. The van der Waals surface area contributed by atoms with Gasteiger partial charge in [-0.15, -0.1) is 0 Å². The summed E-state index contributed by atoms with van der Waals surface area (Å²) < 4.78 is 4.99. The minimum absolute atomic E-state index is 0.475. The molecule has 1 aliphatic rings. The summed E-state index contributed by atoms with van der Waals surface area (Å²) >= 11 is 0. The molecule has 1 rings (SSSR count). The zero-order valence-corrected chi connectivity index (χ0v) is 9.48. The Bertz CT molecular complexity index is 211. The lowest BCUT2D eigenvalue weighted by molar-refractivity contribution is 0.144. The van der Waals surface area contributed by atoms with Gasteiger partial charge in [-0.1, -0.05) is 0 Å². The molecule has 1 amide bonds. The van der Waals surface area contributed by atoms with E-state index in [4.69, 9.17) is 9.84 Å². The summed E-state index contributed by atoms with van der Waals surface area (Å²) in [5.41, 5.74) is 0. The van der Waals surface area contributed by atoms with Gasteiger partial charge >= 0.3 is 6.09 Å². The molecule has 5 nitrogen and oxygen atoms in total. The van der Waals surface area contributed by atoms with Crippen LogP contribution in [0.1, 0.15) is 6.42 Å². The molecule has 1 fully saturated rings. The van der Waals surface area contributed by atoms with Crippen molar-refractivity contribution >= 4 is 6.09 Å². The number of hydrogen-bond donors (Lipinski definition) is 1. The Hall–Kier alpha value is -0.810. The fourth-order valence-electron chi connectivity index (χ4n) is 1.93. The molecule has 0 bridgehead atoms. The number of carboxylic acid groups (broad SMARTS) is 1. The van der Waals surface area contributed by atoms with Gasteiger partial charge in [0.1, 0.15) is 0 Å². The third-order valence-electron chi connectivity index (χ3n) is 2.80. The van der Waals surface area contributed by atoms with E-state index in [1.807, 2.05) is 7.05 Å². The van der Waals surface area contributed by atoms with Crippen LogP contribution < -0.4 is 0 Å². The molecule has 0 aromatic rings. The zero-order chi connectivity index (χ0) is 11.3. The van der Waals surface area contributed by atoms with E-state index in [9.17, 15) is 4.79 Å². The van der Waals surface area contributed by atoms with E-state index in [2.05, 4.69) is 4.90 Å². The van der Waals surface area contributed by atoms with Crippen LogP contribution in [0.3, 0.4) is 0 Å². The highest BCUT2D eigenvalue weighted by atomic mass is 16.5. The number of carbonyl (C=O) groups is 1. The standard InChI is InChI=1S/C10H20N2O3/c1-11(5-6-15-2)7-9-3-4-12(8-9)10(13)14/h9H,3-8H2,1-2H3,(H,13,14). The topological polar surface area (TPSA) is 53.0 Å². The average Bonchev–Trinajstić information content (AvgIpc) is 2.63. The van der Waals surface area contributed by atoms with Crippen LogP contribution >= 0.6 is 0 Å². The molecule has 0 radical (unpaired) electrons. The molecular formula is C10H20N2O3. The van der Waals surface area contributed by atoms with E-state index in [-0.39, 0.29) is 0 Å². The molecule has 1 unspecified atom stereocenters. The fourth-order valence-corrected chi connectivity index (χ4v) is 1.93. The summed E-state index contributed by atoms with van der Waals surface area (Å²) in [5, 5.41) is 8.80. The molecule has 88 valence electrons. The largest absolute Gasteiger partial charge is 0.465 e. The van der Waals surface area contributed by atoms with Crippen molar-refractivity contribution in [2.24, 2.45) is 5.92 Å². The number of methoxy groups -OCH3 is 1. The van der Waals surface area contributed by atoms with Crippen molar-refractivity contribution in [1.29, 1.82) is 0 Å². The van der Waals surface area contributed by atoms with Crippen LogP contribution in [-0.4, -0.2) is 67.9 Å². The lowest BCUT2D eigenvalue weighted by Gasteiger charge is -2.20. The molecule has 0 aromatic carbocycles. The minimum Gasteiger partial charge on any atom is -0.465 e. The molecule has 1 aliphatic heterocycles. The van der Waals surface area contributed by atoms with E-state index in [1.165, 1.54) is 4.90 Å². The van der Waals surface area contributed by atoms with E-state index >= 15 is 0 Å². The maximum Gasteiger partial charge on any atom is 0.407 e. The highest BCUT2D eigenvalue weighted by molar-refractivity contribution is 5.65. The lowest BCUT2D eigenvalue weighted by Crippen LogP contribution is -2.32. The third kappa shape index (κ3) is 4.05. The monoisotopic (exact) mass is 216 g/mol. The van der Waals surface area contributed by atoms with Gasteiger partial charge < -0.3 is 19.6 Å². The Morgan fingerprint density at radius 1 is 1.67 bits per heavy atom. The molecule has 0 aliphatic carbocycles. The quantitative estimate of drug-likeness (QED) is 0.729. The van der Waals surface area contributed by atoms with Crippen LogP contribution in [-0.2, 0) is 4.74 Å². The maximum atomic E-state index is 10.7. The SMILES string of the molecule is COCCN(C)CC1CCN(C(=O)O)C1. The molecular weight excluding hydrogens is 196 g/mol. The first kappa shape index (κ1) is 12.3. The predicted molar refractivity (Wildman–Crippen MR) is 57.1 cm³/mol. The van der Waals surface area contributed by atoms with Gasteiger partial charge in [-0.05, 0) is 19.4 Å². The molecule has 1 N–H and O–H groups in total. The second kappa shape index (κ2) is 5.92. The number of likely N-dealkylation sites (N-methyl/N-ethyl adjacent to an activating group) is 1. The predicted octanol–water partition coefficient (Wildman–Crippen LogP) is 0.565. The van der Waals surface area contributed by atoms with Crippen LogP contribution in [0, 0.1) is 5.92 Å².